The third kappa shape index (κ3) is 3.04. The summed E-state index contributed by atoms with van der Waals surface area (Å²) >= 11 is 1.52. The van der Waals surface area contributed by atoms with Crippen molar-refractivity contribution in [1.29, 1.82) is 0 Å². The van der Waals surface area contributed by atoms with Gasteiger partial charge in [0, 0.05) is 6.42 Å². The van der Waals surface area contributed by atoms with Crippen LogP contribution >= 0.6 is 11.3 Å². The van der Waals surface area contributed by atoms with E-state index < -0.39 is 16.1 Å². The van der Waals surface area contributed by atoms with Crippen LogP contribution in [0.5, 0.6) is 0 Å². The van der Waals surface area contributed by atoms with Crippen LogP contribution in [0.25, 0.3) is 0 Å². The van der Waals surface area contributed by atoms with Crippen molar-refractivity contribution >= 4 is 27.1 Å². The molecule has 1 aliphatic heterocycles. The predicted octanol–water partition coefficient (Wildman–Crippen LogP) is 4.43. The minimum Gasteiger partial charge on any atom is -0.207 e. The minimum atomic E-state index is -3.81. The summed E-state index contributed by atoms with van der Waals surface area (Å²) < 4.78 is 40.8. The highest BCUT2D eigenvalue weighted by atomic mass is 32.2. The van der Waals surface area contributed by atoms with E-state index in [2.05, 4.69) is 5.10 Å². The Bertz CT molecular complexity index is 1030. The smallest absolute Gasteiger partial charge is 0.207 e. The molecule has 0 unspecified atom stereocenters. The average Bonchev–Trinajstić information content (AvgIpc) is 3.33. The second-order valence-electron chi connectivity index (χ2n) is 5.89. The van der Waals surface area contributed by atoms with E-state index in [0.717, 1.165) is 9.29 Å². The number of nitrogens with zero attached hydrogens (tertiary/aromatic N) is 2. The Kier molecular flexibility index (Phi) is 4.34. The summed E-state index contributed by atoms with van der Waals surface area (Å²) in [4.78, 5) is 1.12. The van der Waals surface area contributed by atoms with Crippen molar-refractivity contribution in [1.82, 2.24) is 4.41 Å². The second kappa shape index (κ2) is 6.66. The summed E-state index contributed by atoms with van der Waals surface area (Å²) in [6, 6.07) is 17.5. The van der Waals surface area contributed by atoms with Gasteiger partial charge in [-0.2, -0.15) is 17.9 Å². The summed E-state index contributed by atoms with van der Waals surface area (Å²) in [7, 11) is -3.81. The van der Waals surface area contributed by atoms with Crippen LogP contribution in [0.15, 0.2) is 82.1 Å². The molecule has 0 bridgehead atoms. The SMILES string of the molecule is O=S(=O)(c1ccccc1)N1N=C(c2cccs2)C[C@@H]1c1ccc(F)cc1. The second-order valence-corrected chi connectivity index (χ2v) is 8.63. The number of hydrazone groups is 1. The van der Waals surface area contributed by atoms with Crippen LogP contribution in [-0.2, 0) is 10.0 Å². The summed E-state index contributed by atoms with van der Waals surface area (Å²) in [6.45, 7) is 0. The first-order valence-corrected chi connectivity index (χ1v) is 10.3. The molecule has 0 aliphatic carbocycles. The molecule has 1 atom stereocenters. The van der Waals surface area contributed by atoms with E-state index in [1.54, 1.807) is 42.5 Å². The van der Waals surface area contributed by atoms with Gasteiger partial charge in [-0.15, -0.1) is 11.3 Å². The van der Waals surface area contributed by atoms with Crippen LogP contribution in [0.1, 0.15) is 22.9 Å². The molecule has 7 heteroatoms. The Morgan fingerprint density at radius 1 is 1.00 bits per heavy atom. The van der Waals surface area contributed by atoms with Crippen molar-refractivity contribution < 1.29 is 12.8 Å². The van der Waals surface area contributed by atoms with Crippen LogP contribution in [0.4, 0.5) is 4.39 Å². The lowest BCUT2D eigenvalue weighted by Crippen LogP contribution is -2.27. The van der Waals surface area contributed by atoms with Crippen molar-refractivity contribution in [3.8, 4) is 0 Å². The topological polar surface area (TPSA) is 49.7 Å². The molecule has 4 nitrogen and oxygen atoms in total. The van der Waals surface area contributed by atoms with Gasteiger partial charge in [0.1, 0.15) is 5.82 Å². The van der Waals surface area contributed by atoms with Gasteiger partial charge in [-0.25, -0.2) is 4.39 Å². The van der Waals surface area contributed by atoms with Gasteiger partial charge in [-0.3, -0.25) is 0 Å². The fourth-order valence-electron chi connectivity index (χ4n) is 2.94. The number of benzene rings is 2. The molecule has 1 aliphatic rings. The van der Waals surface area contributed by atoms with E-state index >= 15 is 0 Å². The van der Waals surface area contributed by atoms with Crippen LogP contribution < -0.4 is 0 Å². The van der Waals surface area contributed by atoms with Crippen molar-refractivity contribution in [2.45, 2.75) is 17.4 Å². The zero-order chi connectivity index (χ0) is 18.1. The third-order valence-corrected chi connectivity index (χ3v) is 6.84. The zero-order valence-electron chi connectivity index (χ0n) is 13.6. The molecular weight excluding hydrogens is 371 g/mol. The lowest BCUT2D eigenvalue weighted by molar-refractivity contribution is 0.371. The maximum Gasteiger partial charge on any atom is 0.279 e. The van der Waals surface area contributed by atoms with Crippen molar-refractivity contribution in [3.63, 3.8) is 0 Å². The Labute approximate surface area is 155 Å². The van der Waals surface area contributed by atoms with Crippen LogP contribution in [0, 0.1) is 5.82 Å². The fraction of sp³-hybridized carbons (Fsp3) is 0.105. The molecule has 4 rings (SSSR count). The van der Waals surface area contributed by atoms with Crippen LogP contribution in [0.3, 0.4) is 0 Å². The number of thiophene rings is 1. The molecule has 0 saturated heterocycles. The monoisotopic (exact) mass is 386 g/mol. The van der Waals surface area contributed by atoms with Crippen molar-refractivity contribution in [2.24, 2.45) is 5.10 Å². The summed E-state index contributed by atoms with van der Waals surface area (Å²) in [6.07, 6.45) is 0.443. The molecule has 0 spiro atoms. The average molecular weight is 386 g/mol. The number of hydrogen-bond acceptors (Lipinski definition) is 4. The molecule has 132 valence electrons. The molecule has 2 aromatic carbocycles. The standard InChI is InChI=1S/C19H15FN2O2S2/c20-15-10-8-14(9-11-15)18-13-17(19-7-4-12-25-19)21-22(18)26(23,24)16-5-2-1-3-6-16/h1-12,18H,13H2/t18-/m1/s1. The summed E-state index contributed by atoms with van der Waals surface area (Å²) in [5, 5.41) is 6.37. The molecule has 3 aromatic rings. The van der Waals surface area contributed by atoms with Gasteiger partial charge in [-0.1, -0.05) is 36.4 Å². The first-order valence-electron chi connectivity index (χ1n) is 8.02. The van der Waals surface area contributed by atoms with Crippen LogP contribution in [0.2, 0.25) is 0 Å². The van der Waals surface area contributed by atoms with Gasteiger partial charge < -0.3 is 0 Å². The van der Waals surface area contributed by atoms with Crippen molar-refractivity contribution in [3.05, 3.63) is 88.4 Å². The third-order valence-electron chi connectivity index (χ3n) is 4.22. The molecule has 0 saturated carbocycles. The van der Waals surface area contributed by atoms with Gasteiger partial charge in [0.05, 0.1) is 21.5 Å². The van der Waals surface area contributed by atoms with E-state index in [9.17, 15) is 12.8 Å². The van der Waals surface area contributed by atoms with Crippen LogP contribution in [-0.4, -0.2) is 18.5 Å². The van der Waals surface area contributed by atoms with Gasteiger partial charge in [0.25, 0.3) is 10.0 Å². The number of rotatable bonds is 4. The highest BCUT2D eigenvalue weighted by Gasteiger charge is 2.37. The fourth-order valence-corrected chi connectivity index (χ4v) is 5.11. The van der Waals surface area contributed by atoms with E-state index in [0.29, 0.717) is 17.7 Å². The summed E-state index contributed by atoms with van der Waals surface area (Å²) in [5.74, 6) is -0.358. The number of sulfonamides is 1. The van der Waals surface area contributed by atoms with E-state index in [-0.39, 0.29) is 10.7 Å². The Balaban J connectivity index is 1.79. The Morgan fingerprint density at radius 3 is 2.38 bits per heavy atom. The first kappa shape index (κ1) is 16.9. The molecule has 1 aromatic heterocycles. The van der Waals surface area contributed by atoms with Gasteiger partial charge in [0.15, 0.2) is 0 Å². The Hall–Kier alpha value is -2.51. The van der Waals surface area contributed by atoms with E-state index in [4.69, 9.17) is 0 Å². The molecule has 0 fully saturated rings. The first-order chi connectivity index (χ1) is 12.6. The normalized spacial score (nSPS) is 17.3. The molecule has 0 amide bonds. The van der Waals surface area contributed by atoms with E-state index in [1.807, 2.05) is 17.5 Å². The maximum atomic E-state index is 13.3. The number of hydrogen-bond donors (Lipinski definition) is 0. The molecule has 2 heterocycles. The summed E-state index contributed by atoms with van der Waals surface area (Å²) in [5.41, 5.74) is 1.43. The molecule has 0 radical (unpaired) electrons. The largest absolute Gasteiger partial charge is 0.279 e. The number of halogens is 1. The zero-order valence-corrected chi connectivity index (χ0v) is 15.3. The van der Waals surface area contributed by atoms with Gasteiger partial charge in [-0.05, 0) is 41.3 Å². The predicted molar refractivity (Wildman–Crippen MR) is 100 cm³/mol. The molecular formula is C19H15FN2O2S2. The Morgan fingerprint density at radius 2 is 1.73 bits per heavy atom. The highest BCUT2D eigenvalue weighted by Crippen LogP contribution is 2.37. The van der Waals surface area contributed by atoms with E-state index in [1.165, 1.54) is 23.5 Å². The minimum absolute atomic E-state index is 0.184. The molecule has 0 N–H and O–H groups in total. The van der Waals surface area contributed by atoms with Gasteiger partial charge in [0.2, 0.25) is 0 Å². The van der Waals surface area contributed by atoms with Gasteiger partial charge >= 0.3 is 0 Å². The lowest BCUT2D eigenvalue weighted by Gasteiger charge is -2.23. The highest BCUT2D eigenvalue weighted by molar-refractivity contribution is 7.89. The lowest BCUT2D eigenvalue weighted by atomic mass is 10.0. The quantitative estimate of drug-likeness (QED) is 0.666. The molecule has 26 heavy (non-hydrogen) atoms. The van der Waals surface area contributed by atoms with Crippen molar-refractivity contribution in [2.75, 3.05) is 0 Å². The maximum absolute atomic E-state index is 13.3.